The highest BCUT2D eigenvalue weighted by molar-refractivity contribution is 9.10. The number of halogens is 1. The summed E-state index contributed by atoms with van der Waals surface area (Å²) in [5, 5.41) is 3.53. The third kappa shape index (κ3) is 3.84. The Balaban J connectivity index is 1.43. The molecule has 1 aromatic rings. The Kier molecular flexibility index (Phi) is 5.37. The molecule has 1 aromatic carbocycles. The Morgan fingerprint density at radius 1 is 1.31 bits per heavy atom. The van der Waals surface area contributed by atoms with Gasteiger partial charge in [-0.1, -0.05) is 40.2 Å². The van der Waals surface area contributed by atoms with Gasteiger partial charge in [0.2, 0.25) is 0 Å². The minimum Gasteiger partial charge on any atom is -0.357 e. The number of guanidine groups is 1. The summed E-state index contributed by atoms with van der Waals surface area (Å²) in [6.45, 7) is 8.40. The Labute approximate surface area is 165 Å². The number of likely N-dealkylation sites (tertiary alicyclic amines) is 1. The second kappa shape index (κ2) is 7.73. The largest absolute Gasteiger partial charge is 0.357 e. The minimum atomic E-state index is 0.252. The summed E-state index contributed by atoms with van der Waals surface area (Å²) < 4.78 is 1.17. The lowest BCUT2D eigenvalue weighted by Gasteiger charge is -2.26. The van der Waals surface area contributed by atoms with Gasteiger partial charge in [0.25, 0.3) is 0 Å². The molecule has 1 saturated heterocycles. The third-order valence-electron chi connectivity index (χ3n) is 5.98. The molecule has 0 bridgehead atoms. The quantitative estimate of drug-likeness (QED) is 0.453. The predicted octanol–water partition coefficient (Wildman–Crippen LogP) is 3.39. The highest BCUT2D eigenvalue weighted by Crippen LogP contribution is 2.48. The molecule has 2 heterocycles. The number of aliphatic imine (C=N–C) groups is 1. The number of hydrogen-bond donors (Lipinski definition) is 1. The van der Waals surface area contributed by atoms with Crippen LogP contribution in [0.4, 0.5) is 0 Å². The van der Waals surface area contributed by atoms with Crippen LogP contribution < -0.4 is 5.32 Å². The van der Waals surface area contributed by atoms with Crippen LogP contribution in [0.2, 0.25) is 0 Å². The summed E-state index contributed by atoms with van der Waals surface area (Å²) in [6.07, 6.45) is 8.30. The topological polar surface area (TPSA) is 30.9 Å². The molecule has 2 fully saturated rings. The van der Waals surface area contributed by atoms with Crippen LogP contribution >= 0.6 is 15.9 Å². The van der Waals surface area contributed by atoms with Crippen LogP contribution in [0.3, 0.4) is 0 Å². The maximum absolute atomic E-state index is 5.08. The third-order valence-corrected chi connectivity index (χ3v) is 6.48. The highest BCUT2D eigenvalue weighted by atomic mass is 79.9. The first kappa shape index (κ1) is 18.1. The van der Waals surface area contributed by atoms with Crippen LogP contribution in [-0.4, -0.2) is 61.1 Å². The summed E-state index contributed by atoms with van der Waals surface area (Å²) in [5.74, 6) is 1.10. The van der Waals surface area contributed by atoms with Crippen molar-refractivity contribution < 1.29 is 0 Å². The highest BCUT2D eigenvalue weighted by Gasteiger charge is 2.44. The van der Waals surface area contributed by atoms with Crippen molar-refractivity contribution in [3.63, 3.8) is 0 Å². The maximum Gasteiger partial charge on any atom is 0.193 e. The van der Waals surface area contributed by atoms with E-state index in [1.165, 1.54) is 29.3 Å². The second-order valence-corrected chi connectivity index (χ2v) is 8.69. The van der Waals surface area contributed by atoms with Crippen LogP contribution in [0.1, 0.15) is 31.7 Å². The van der Waals surface area contributed by atoms with E-state index in [-0.39, 0.29) is 5.41 Å². The Bertz CT molecular complexity index is 687. The van der Waals surface area contributed by atoms with Gasteiger partial charge in [-0.15, -0.1) is 0 Å². The van der Waals surface area contributed by atoms with E-state index in [1.54, 1.807) is 0 Å². The van der Waals surface area contributed by atoms with E-state index in [1.807, 2.05) is 0 Å². The molecule has 2 aliphatic heterocycles. The van der Waals surface area contributed by atoms with Crippen molar-refractivity contribution in [2.75, 3.05) is 39.3 Å². The van der Waals surface area contributed by atoms with Crippen LogP contribution in [0.15, 0.2) is 45.9 Å². The first-order valence-corrected chi connectivity index (χ1v) is 10.7. The van der Waals surface area contributed by atoms with E-state index in [0.717, 1.165) is 45.2 Å². The molecule has 4 nitrogen and oxygen atoms in total. The summed E-state index contributed by atoms with van der Waals surface area (Å²) in [5.41, 5.74) is 1.68. The van der Waals surface area contributed by atoms with E-state index in [4.69, 9.17) is 4.99 Å². The zero-order valence-electron chi connectivity index (χ0n) is 15.6. The van der Waals surface area contributed by atoms with Gasteiger partial charge in [-0.2, -0.15) is 0 Å². The molecule has 140 valence electrons. The summed E-state index contributed by atoms with van der Waals surface area (Å²) in [6, 6.07) is 9.43. The van der Waals surface area contributed by atoms with Crippen molar-refractivity contribution in [2.24, 2.45) is 4.99 Å². The Hall–Kier alpha value is -1.33. The van der Waals surface area contributed by atoms with Gasteiger partial charge in [-0.25, -0.2) is 0 Å². The van der Waals surface area contributed by atoms with Crippen LogP contribution in [0.5, 0.6) is 0 Å². The SMILES string of the molecule is CCNC(=NCC1(c2cccc(Br)c2)CC1)N1CCC(N2CC=CC2)C1. The molecule has 5 heteroatoms. The Morgan fingerprint density at radius 3 is 2.81 bits per heavy atom. The molecular weight excluding hydrogens is 388 g/mol. The molecule has 0 amide bonds. The number of nitrogens with one attached hydrogen (secondary N) is 1. The zero-order valence-corrected chi connectivity index (χ0v) is 17.2. The van der Waals surface area contributed by atoms with Gasteiger partial charge in [-0.3, -0.25) is 9.89 Å². The molecule has 4 rings (SSSR count). The van der Waals surface area contributed by atoms with Crippen molar-refractivity contribution >= 4 is 21.9 Å². The van der Waals surface area contributed by atoms with E-state index < -0.39 is 0 Å². The first-order valence-electron chi connectivity index (χ1n) is 9.88. The molecule has 1 saturated carbocycles. The number of hydrogen-bond acceptors (Lipinski definition) is 2. The second-order valence-electron chi connectivity index (χ2n) is 7.77. The van der Waals surface area contributed by atoms with Gasteiger partial charge in [-0.05, 0) is 43.9 Å². The predicted molar refractivity (Wildman–Crippen MR) is 112 cm³/mol. The van der Waals surface area contributed by atoms with E-state index in [0.29, 0.717) is 6.04 Å². The van der Waals surface area contributed by atoms with E-state index >= 15 is 0 Å². The van der Waals surface area contributed by atoms with Crippen molar-refractivity contribution in [1.82, 2.24) is 15.1 Å². The van der Waals surface area contributed by atoms with Crippen LogP contribution in [0, 0.1) is 0 Å². The Morgan fingerprint density at radius 2 is 2.12 bits per heavy atom. The van der Waals surface area contributed by atoms with Crippen molar-refractivity contribution in [2.45, 2.75) is 37.6 Å². The van der Waals surface area contributed by atoms with Crippen LogP contribution in [-0.2, 0) is 5.41 Å². The fraction of sp³-hybridized carbons (Fsp3) is 0.571. The van der Waals surface area contributed by atoms with Crippen LogP contribution in [0.25, 0.3) is 0 Å². The molecule has 26 heavy (non-hydrogen) atoms. The number of nitrogens with zero attached hydrogens (tertiary/aromatic N) is 3. The zero-order chi connectivity index (χ0) is 18.0. The summed E-state index contributed by atoms with van der Waals surface area (Å²) in [7, 11) is 0. The van der Waals surface area contributed by atoms with Gasteiger partial charge < -0.3 is 10.2 Å². The molecule has 0 spiro atoms. The molecule has 3 aliphatic rings. The van der Waals surface area contributed by atoms with Gasteiger partial charge in [0.1, 0.15) is 0 Å². The average molecular weight is 417 g/mol. The van der Waals surface area contributed by atoms with Gasteiger partial charge in [0.05, 0.1) is 6.54 Å². The lowest BCUT2D eigenvalue weighted by atomic mass is 9.96. The molecule has 1 unspecified atom stereocenters. The normalized spacial score (nSPS) is 25.1. The monoisotopic (exact) mass is 416 g/mol. The minimum absolute atomic E-state index is 0.252. The van der Waals surface area contributed by atoms with Crippen molar-refractivity contribution in [3.8, 4) is 0 Å². The smallest absolute Gasteiger partial charge is 0.193 e. The van der Waals surface area contributed by atoms with E-state index in [2.05, 4.69) is 74.4 Å². The first-order chi connectivity index (χ1) is 12.7. The summed E-state index contributed by atoms with van der Waals surface area (Å²) in [4.78, 5) is 10.1. The lowest BCUT2D eigenvalue weighted by Crippen LogP contribution is -2.43. The van der Waals surface area contributed by atoms with Crippen molar-refractivity contribution in [3.05, 3.63) is 46.5 Å². The fourth-order valence-corrected chi connectivity index (χ4v) is 4.58. The molecule has 0 radical (unpaired) electrons. The molecule has 1 N–H and O–H groups in total. The molecule has 0 aromatic heterocycles. The molecular formula is C21H29BrN4. The molecule has 1 atom stereocenters. The van der Waals surface area contributed by atoms with E-state index in [9.17, 15) is 0 Å². The van der Waals surface area contributed by atoms with Gasteiger partial charge >= 0.3 is 0 Å². The van der Waals surface area contributed by atoms with Crippen molar-refractivity contribution in [1.29, 1.82) is 0 Å². The number of rotatable bonds is 5. The lowest BCUT2D eigenvalue weighted by molar-refractivity contribution is 0.259. The average Bonchev–Trinajstić information content (AvgIpc) is 3.04. The maximum atomic E-state index is 5.08. The molecule has 1 aliphatic carbocycles. The number of benzene rings is 1. The van der Waals surface area contributed by atoms with Gasteiger partial charge in [0.15, 0.2) is 5.96 Å². The van der Waals surface area contributed by atoms with Gasteiger partial charge in [0, 0.05) is 48.7 Å². The summed E-state index contributed by atoms with van der Waals surface area (Å²) >= 11 is 3.61. The fourth-order valence-electron chi connectivity index (χ4n) is 4.18. The standard InChI is InChI=1S/C21H29BrN4/c1-2-23-20(26-13-8-19(15-26)25-11-3-4-12-25)24-16-21(9-10-21)17-6-5-7-18(22)14-17/h3-7,14,19H,2,8-13,15-16H2,1H3,(H,23,24).